The van der Waals surface area contributed by atoms with Gasteiger partial charge in [0, 0.05) is 36.8 Å². The number of anilines is 1. The van der Waals surface area contributed by atoms with E-state index in [2.05, 4.69) is 63.6 Å². The van der Waals surface area contributed by atoms with Crippen LogP contribution in [0.15, 0.2) is 72.1 Å². The maximum absolute atomic E-state index is 11.3. The lowest BCUT2D eigenvalue weighted by molar-refractivity contribution is -0.111. The van der Waals surface area contributed by atoms with E-state index in [1.807, 2.05) is 12.1 Å². The summed E-state index contributed by atoms with van der Waals surface area (Å²) in [5, 5.41) is 2.77. The van der Waals surface area contributed by atoms with Crippen molar-refractivity contribution in [2.45, 2.75) is 17.7 Å². The number of hydrogen-bond donors (Lipinski definition) is 1. The van der Waals surface area contributed by atoms with Crippen molar-refractivity contribution in [1.29, 1.82) is 0 Å². The standard InChI is InChI=1S/C22H27N3OS/c1-2-22(26)23-20-10-12-21(13-11-20)27-25-17-15-24(16-18-25)14-6-9-19-7-4-3-5-8-19/h2-5,7-8,10-13H,1,6,9,14-18H2,(H,23,26). The van der Waals surface area contributed by atoms with E-state index < -0.39 is 0 Å². The number of carbonyl (C=O) groups excluding carboxylic acids is 1. The fraction of sp³-hybridized carbons (Fsp3) is 0.318. The third-order valence-electron chi connectivity index (χ3n) is 4.66. The second kappa shape index (κ2) is 10.3. The van der Waals surface area contributed by atoms with E-state index in [0.717, 1.165) is 38.3 Å². The normalized spacial score (nSPS) is 15.4. The summed E-state index contributed by atoms with van der Waals surface area (Å²) in [4.78, 5) is 15.1. The van der Waals surface area contributed by atoms with Gasteiger partial charge in [0.1, 0.15) is 0 Å². The third-order valence-corrected chi connectivity index (χ3v) is 5.76. The summed E-state index contributed by atoms with van der Waals surface area (Å²) in [7, 11) is 0. The predicted molar refractivity (Wildman–Crippen MR) is 114 cm³/mol. The van der Waals surface area contributed by atoms with Crippen molar-refractivity contribution in [3.8, 4) is 0 Å². The summed E-state index contributed by atoms with van der Waals surface area (Å²) in [6.45, 7) is 9.03. The van der Waals surface area contributed by atoms with Crippen molar-refractivity contribution in [1.82, 2.24) is 9.21 Å². The molecule has 0 aliphatic carbocycles. The maximum atomic E-state index is 11.3. The minimum Gasteiger partial charge on any atom is -0.323 e. The van der Waals surface area contributed by atoms with Gasteiger partial charge in [-0.2, -0.15) is 0 Å². The minimum atomic E-state index is -0.182. The van der Waals surface area contributed by atoms with Crippen molar-refractivity contribution in [2.24, 2.45) is 0 Å². The second-order valence-electron chi connectivity index (χ2n) is 6.67. The van der Waals surface area contributed by atoms with Crippen LogP contribution >= 0.6 is 11.9 Å². The molecule has 142 valence electrons. The SMILES string of the molecule is C=CC(=O)Nc1ccc(SN2CCN(CCCc3ccccc3)CC2)cc1. The molecule has 3 rings (SSSR count). The van der Waals surface area contributed by atoms with Crippen LogP contribution in [0.3, 0.4) is 0 Å². The zero-order chi connectivity index (χ0) is 18.9. The summed E-state index contributed by atoms with van der Waals surface area (Å²) in [5.41, 5.74) is 2.23. The Labute approximate surface area is 166 Å². The average molecular weight is 382 g/mol. The molecule has 27 heavy (non-hydrogen) atoms. The molecule has 0 spiro atoms. The quantitative estimate of drug-likeness (QED) is 0.552. The molecule has 1 aliphatic rings. The topological polar surface area (TPSA) is 35.6 Å². The van der Waals surface area contributed by atoms with Crippen LogP contribution in [0.5, 0.6) is 0 Å². The summed E-state index contributed by atoms with van der Waals surface area (Å²) >= 11 is 1.79. The molecule has 5 heteroatoms. The number of hydrogen-bond acceptors (Lipinski definition) is 4. The van der Waals surface area contributed by atoms with Gasteiger partial charge in [0.05, 0.1) is 0 Å². The summed E-state index contributed by atoms with van der Waals surface area (Å²) < 4.78 is 2.42. The van der Waals surface area contributed by atoms with Gasteiger partial charge in [0.2, 0.25) is 5.91 Å². The first-order valence-corrected chi connectivity index (χ1v) is 10.2. The van der Waals surface area contributed by atoms with Crippen molar-refractivity contribution in [2.75, 3.05) is 38.0 Å². The van der Waals surface area contributed by atoms with Crippen LogP contribution < -0.4 is 5.32 Å². The summed E-state index contributed by atoms with van der Waals surface area (Å²) in [6, 6.07) is 18.7. The molecule has 0 aromatic heterocycles. The highest BCUT2D eigenvalue weighted by molar-refractivity contribution is 7.97. The highest BCUT2D eigenvalue weighted by Gasteiger charge is 2.17. The maximum Gasteiger partial charge on any atom is 0.247 e. The first-order valence-electron chi connectivity index (χ1n) is 9.45. The third kappa shape index (κ3) is 6.54. The van der Waals surface area contributed by atoms with Crippen molar-refractivity contribution in [3.63, 3.8) is 0 Å². The molecule has 1 amide bonds. The number of aryl methyl sites for hydroxylation is 1. The van der Waals surface area contributed by atoms with Gasteiger partial charge in [0.25, 0.3) is 0 Å². The Kier molecular flexibility index (Phi) is 7.51. The van der Waals surface area contributed by atoms with Crippen LogP contribution in [0, 0.1) is 0 Å². The van der Waals surface area contributed by atoms with Crippen LogP contribution in [0.2, 0.25) is 0 Å². The van der Waals surface area contributed by atoms with Crippen LogP contribution in [0.4, 0.5) is 5.69 Å². The average Bonchev–Trinajstić information content (AvgIpc) is 2.71. The molecule has 1 aliphatic heterocycles. The van der Waals surface area contributed by atoms with Gasteiger partial charge in [-0.25, -0.2) is 4.31 Å². The van der Waals surface area contributed by atoms with Gasteiger partial charge in [-0.3, -0.25) is 4.79 Å². The van der Waals surface area contributed by atoms with Crippen LogP contribution in [0.1, 0.15) is 12.0 Å². The summed E-state index contributed by atoms with van der Waals surface area (Å²) in [5.74, 6) is -0.182. The number of amides is 1. The number of nitrogens with zero attached hydrogens (tertiary/aromatic N) is 2. The molecule has 0 saturated carbocycles. The molecule has 0 radical (unpaired) electrons. The van der Waals surface area contributed by atoms with Crippen LogP contribution in [-0.2, 0) is 11.2 Å². The Morgan fingerprint density at radius 3 is 2.41 bits per heavy atom. The number of carbonyl (C=O) groups is 1. The fourth-order valence-corrected chi connectivity index (χ4v) is 4.04. The zero-order valence-electron chi connectivity index (χ0n) is 15.6. The largest absolute Gasteiger partial charge is 0.323 e. The molecule has 4 nitrogen and oxygen atoms in total. The molecule has 2 aromatic rings. The zero-order valence-corrected chi connectivity index (χ0v) is 16.5. The Morgan fingerprint density at radius 2 is 1.74 bits per heavy atom. The molecule has 2 aromatic carbocycles. The molecule has 0 unspecified atom stereocenters. The number of benzene rings is 2. The Bertz CT molecular complexity index is 725. The first-order chi connectivity index (χ1) is 13.2. The number of nitrogens with one attached hydrogen (secondary N) is 1. The molecule has 0 atom stereocenters. The monoisotopic (exact) mass is 381 g/mol. The predicted octanol–water partition coefficient (Wildman–Crippen LogP) is 4.07. The summed E-state index contributed by atoms with van der Waals surface area (Å²) in [6.07, 6.45) is 3.65. The van der Waals surface area contributed by atoms with Gasteiger partial charge in [-0.1, -0.05) is 36.9 Å². The molecule has 1 fully saturated rings. The van der Waals surface area contributed by atoms with Gasteiger partial charge in [-0.05, 0) is 67.2 Å². The van der Waals surface area contributed by atoms with Crippen LogP contribution in [0.25, 0.3) is 0 Å². The molecule has 0 bridgehead atoms. The molecule has 1 saturated heterocycles. The van der Waals surface area contributed by atoms with E-state index in [1.165, 1.54) is 29.5 Å². The lowest BCUT2D eigenvalue weighted by Gasteiger charge is -2.33. The highest BCUT2D eigenvalue weighted by Crippen LogP contribution is 2.25. The van der Waals surface area contributed by atoms with Gasteiger partial charge >= 0.3 is 0 Å². The van der Waals surface area contributed by atoms with E-state index in [-0.39, 0.29) is 5.91 Å². The first kappa shape index (κ1) is 19.7. The Morgan fingerprint density at radius 1 is 1.04 bits per heavy atom. The van der Waals surface area contributed by atoms with Gasteiger partial charge in [-0.15, -0.1) is 0 Å². The van der Waals surface area contributed by atoms with E-state index in [0.29, 0.717) is 0 Å². The van der Waals surface area contributed by atoms with Crippen LogP contribution in [-0.4, -0.2) is 47.8 Å². The van der Waals surface area contributed by atoms with E-state index in [4.69, 9.17) is 0 Å². The number of piperazine rings is 1. The highest BCUT2D eigenvalue weighted by atomic mass is 32.2. The van der Waals surface area contributed by atoms with Gasteiger partial charge in [0.15, 0.2) is 0 Å². The lowest BCUT2D eigenvalue weighted by atomic mass is 10.1. The molecular weight excluding hydrogens is 354 g/mol. The van der Waals surface area contributed by atoms with Gasteiger partial charge < -0.3 is 10.2 Å². The second-order valence-corrected chi connectivity index (χ2v) is 7.84. The Balaban J connectivity index is 1.36. The molecule has 1 heterocycles. The van der Waals surface area contributed by atoms with Crippen molar-refractivity contribution < 1.29 is 4.79 Å². The fourth-order valence-electron chi connectivity index (χ4n) is 3.14. The lowest BCUT2D eigenvalue weighted by Crippen LogP contribution is -2.43. The van der Waals surface area contributed by atoms with Crippen molar-refractivity contribution in [3.05, 3.63) is 72.8 Å². The number of rotatable bonds is 8. The van der Waals surface area contributed by atoms with E-state index in [1.54, 1.807) is 11.9 Å². The smallest absolute Gasteiger partial charge is 0.247 e. The van der Waals surface area contributed by atoms with Crippen molar-refractivity contribution >= 4 is 23.5 Å². The molecule has 1 N–H and O–H groups in total. The van der Waals surface area contributed by atoms with E-state index in [9.17, 15) is 4.79 Å². The minimum absolute atomic E-state index is 0.182. The van der Waals surface area contributed by atoms with E-state index >= 15 is 0 Å². The molecular formula is C22H27N3OS. The Hall–Kier alpha value is -2.08.